The van der Waals surface area contributed by atoms with Crippen LogP contribution in [0.25, 0.3) is 11.4 Å². The topological polar surface area (TPSA) is 142 Å². The fraction of sp³-hybridized carbons (Fsp3) is 0.0417. The summed E-state index contributed by atoms with van der Waals surface area (Å²) in [6.45, 7) is 1.43. The van der Waals surface area contributed by atoms with Gasteiger partial charge in [-0.15, -0.1) is 0 Å². The van der Waals surface area contributed by atoms with Gasteiger partial charge in [0.15, 0.2) is 0 Å². The molecule has 0 N–H and O–H groups in total. The minimum absolute atomic E-state index is 0. The van der Waals surface area contributed by atoms with Gasteiger partial charge in [-0.2, -0.15) is 5.26 Å². The molecule has 2 aromatic heterocycles. The van der Waals surface area contributed by atoms with Crippen LogP contribution in [0, 0.1) is 11.3 Å². The zero-order chi connectivity index (χ0) is 29.9. The predicted molar refractivity (Wildman–Crippen MR) is 150 cm³/mol. The van der Waals surface area contributed by atoms with Gasteiger partial charge in [0, 0.05) is 19.3 Å². The predicted octanol–water partition coefficient (Wildman–Crippen LogP) is 7.57. The van der Waals surface area contributed by atoms with E-state index < -0.39 is 43.1 Å². The molecule has 208 valence electrons. The number of rotatable bonds is 1. The van der Waals surface area contributed by atoms with Crippen LogP contribution < -0.4 is 20.4 Å². The van der Waals surface area contributed by atoms with Crippen LogP contribution >= 0.6 is 92.8 Å². The quantitative estimate of drug-likeness (QED) is 0.145. The number of hydrogen-bond donors (Lipinski definition) is 0. The van der Waals surface area contributed by atoms with Crippen LogP contribution in [-0.4, -0.2) is 9.97 Å². The van der Waals surface area contributed by atoms with Crippen molar-refractivity contribution >= 4 is 92.8 Å². The van der Waals surface area contributed by atoms with E-state index >= 15 is 0 Å². The number of pyridine rings is 2. The Balaban J connectivity index is 0.000000536. The molecule has 0 saturated carbocycles. The molecular weight excluding hydrogens is 730 g/mol. The molecule has 4 rings (SSSR count). The molecule has 7 nitrogen and oxygen atoms in total. The summed E-state index contributed by atoms with van der Waals surface area (Å²) >= 11 is 43.4. The zero-order valence-corrected chi connectivity index (χ0v) is 26.8. The van der Waals surface area contributed by atoms with Crippen LogP contribution in [0.1, 0.15) is 6.92 Å². The van der Waals surface area contributed by atoms with E-state index in [-0.39, 0.29) is 37.5 Å². The minimum atomic E-state index is -0.934. The van der Waals surface area contributed by atoms with Gasteiger partial charge in [-0.05, 0) is 24.3 Å². The second-order valence-corrected chi connectivity index (χ2v) is 9.51. The Morgan fingerprint density at radius 2 is 0.750 bits per heavy atom. The molecule has 0 aliphatic rings. The summed E-state index contributed by atoms with van der Waals surface area (Å²) in [6.07, 6.45) is 3.54. The van der Waals surface area contributed by atoms with Gasteiger partial charge >= 0.3 is 17.4 Å². The smallest absolute Gasteiger partial charge is 0.872 e. The van der Waals surface area contributed by atoms with Gasteiger partial charge in [-0.1, -0.05) is 128 Å². The van der Waals surface area contributed by atoms with Gasteiger partial charge in [0.1, 0.15) is 0 Å². The number of benzene rings is 2. The second-order valence-electron chi connectivity index (χ2n) is 6.48. The minimum Gasteiger partial charge on any atom is -0.872 e. The van der Waals surface area contributed by atoms with Crippen molar-refractivity contribution in [1.82, 2.24) is 9.97 Å². The van der Waals surface area contributed by atoms with Crippen molar-refractivity contribution in [3.05, 3.63) is 89.0 Å². The Labute approximate surface area is 280 Å². The summed E-state index contributed by atoms with van der Waals surface area (Å²) in [7, 11) is 0. The molecular formula is C24H11Cl8CrN3O4. The van der Waals surface area contributed by atoms with Crippen LogP contribution in [0.4, 0.5) is 0 Å². The van der Waals surface area contributed by atoms with Crippen LogP contribution in [0.15, 0.2) is 48.8 Å². The zero-order valence-electron chi connectivity index (χ0n) is 19.5. The molecule has 0 atom stereocenters. The maximum Gasteiger partial charge on any atom is 4.00 e. The maximum atomic E-state index is 10.9. The van der Waals surface area contributed by atoms with E-state index in [9.17, 15) is 20.4 Å². The van der Waals surface area contributed by atoms with E-state index in [1.807, 2.05) is 36.4 Å². The maximum absolute atomic E-state index is 10.9. The average Bonchev–Trinajstić information content (AvgIpc) is 2.97. The van der Waals surface area contributed by atoms with E-state index in [2.05, 4.69) is 9.97 Å². The normalized spacial score (nSPS) is 9.30. The molecule has 16 heteroatoms. The van der Waals surface area contributed by atoms with Gasteiger partial charge < -0.3 is 20.4 Å². The van der Waals surface area contributed by atoms with Gasteiger partial charge in [-0.25, -0.2) is 0 Å². The summed E-state index contributed by atoms with van der Waals surface area (Å²) in [6, 6.07) is 13.3. The van der Waals surface area contributed by atoms with E-state index in [1.165, 1.54) is 6.92 Å². The molecule has 40 heavy (non-hydrogen) atoms. The van der Waals surface area contributed by atoms with Crippen molar-refractivity contribution in [3.8, 4) is 40.5 Å². The van der Waals surface area contributed by atoms with Crippen molar-refractivity contribution in [2.24, 2.45) is 0 Å². The van der Waals surface area contributed by atoms with Crippen molar-refractivity contribution in [2.45, 2.75) is 6.92 Å². The Morgan fingerprint density at radius 1 is 0.525 bits per heavy atom. The van der Waals surface area contributed by atoms with Crippen LogP contribution in [0.2, 0.25) is 40.2 Å². The molecule has 4 aromatic rings. The van der Waals surface area contributed by atoms with Crippen molar-refractivity contribution in [3.63, 3.8) is 0 Å². The first-order valence-corrected chi connectivity index (χ1v) is 12.9. The summed E-state index contributed by atoms with van der Waals surface area (Å²) in [4.78, 5) is 8.37. The van der Waals surface area contributed by atoms with E-state index in [0.29, 0.717) is 0 Å². The molecule has 0 saturated heterocycles. The van der Waals surface area contributed by atoms with E-state index in [4.69, 9.17) is 98.1 Å². The Kier molecular flexibility index (Phi) is 17.9. The molecule has 2 heterocycles. The fourth-order valence-electron chi connectivity index (χ4n) is 2.21. The summed E-state index contributed by atoms with van der Waals surface area (Å²) < 4.78 is 0. The number of nitrogens with zero attached hydrogens (tertiary/aromatic N) is 3. The fourth-order valence-corrected chi connectivity index (χ4v) is 3.85. The van der Waals surface area contributed by atoms with E-state index in [1.54, 1.807) is 18.5 Å². The van der Waals surface area contributed by atoms with E-state index in [0.717, 1.165) is 11.4 Å². The summed E-state index contributed by atoms with van der Waals surface area (Å²) in [5.41, 5.74) is 1.83. The first kappa shape index (κ1) is 38.3. The molecule has 0 aliphatic carbocycles. The second kappa shape index (κ2) is 18.7. The monoisotopic (exact) mass is 737 g/mol. The van der Waals surface area contributed by atoms with Gasteiger partial charge in [0.25, 0.3) is 0 Å². The molecule has 0 amide bonds. The molecule has 0 fully saturated rings. The van der Waals surface area contributed by atoms with Crippen LogP contribution in [0.3, 0.4) is 0 Å². The summed E-state index contributed by atoms with van der Waals surface area (Å²) in [5.74, 6) is -3.74. The number of halogens is 8. The standard InChI is InChI=1S/C10H8N2.2C6H2Cl4O2.C2H3N.Cr/c1-3-7-11-9(5-1)10-6-2-4-8-12-10;2*7-1-2(8)4(10)6(12)5(11)3(1)9;1-2-3;/h1-8H;2*11-12H;1H3;/q;;;;+4/p-4. The van der Waals surface area contributed by atoms with Crippen molar-refractivity contribution < 1.29 is 37.8 Å². The number of hydrogen-bond acceptors (Lipinski definition) is 7. The van der Waals surface area contributed by atoms with Crippen LogP contribution in [0.5, 0.6) is 23.0 Å². The Bertz CT molecular complexity index is 1150. The number of nitriles is 1. The largest absolute Gasteiger partial charge is 4.00 e. The molecule has 0 bridgehead atoms. The number of aromatic nitrogens is 2. The first-order valence-electron chi connectivity index (χ1n) is 9.84. The molecule has 0 spiro atoms. The summed E-state index contributed by atoms with van der Waals surface area (Å²) in [5, 5.41) is 48.6. The molecule has 0 unspecified atom stereocenters. The third kappa shape index (κ3) is 10.3. The third-order valence-corrected chi connectivity index (χ3v) is 7.49. The van der Waals surface area contributed by atoms with Gasteiger partial charge in [0.2, 0.25) is 0 Å². The molecule has 0 aliphatic heterocycles. The Morgan fingerprint density at radius 3 is 0.925 bits per heavy atom. The third-order valence-electron chi connectivity index (χ3n) is 3.96. The van der Waals surface area contributed by atoms with Crippen molar-refractivity contribution in [2.75, 3.05) is 0 Å². The average molecular weight is 741 g/mol. The SMILES string of the molecule is CC#N.[Cr+4].[O-]c1c([O-])c(Cl)c(Cl)c(Cl)c1Cl.[O-]c1c([O-])c(Cl)c(Cl)c(Cl)c1Cl.c1ccc(-c2ccccn2)nc1. The van der Waals surface area contributed by atoms with Crippen LogP contribution in [-0.2, 0) is 17.4 Å². The first-order chi connectivity index (χ1) is 18.3. The molecule has 2 aromatic carbocycles. The van der Waals surface area contributed by atoms with Crippen molar-refractivity contribution in [1.29, 1.82) is 5.26 Å². The van der Waals surface area contributed by atoms with Gasteiger partial charge in [0.05, 0.1) is 57.6 Å². The van der Waals surface area contributed by atoms with Gasteiger partial charge in [-0.3, -0.25) is 9.97 Å². The molecule has 0 radical (unpaired) electrons. The Hall–Kier alpha value is -1.72.